The van der Waals surface area contributed by atoms with Gasteiger partial charge in [0.1, 0.15) is 17.3 Å². The van der Waals surface area contributed by atoms with Crippen molar-refractivity contribution in [2.45, 2.75) is 32.6 Å². The fourth-order valence-electron chi connectivity index (χ4n) is 2.47. The van der Waals surface area contributed by atoms with Crippen molar-refractivity contribution in [1.29, 1.82) is 0 Å². The summed E-state index contributed by atoms with van der Waals surface area (Å²) in [6.07, 6.45) is 1.90. The Hall–Kier alpha value is -2.28. The molecular formula is C18H23N3O3S. The molecule has 0 saturated carbocycles. The molecule has 0 saturated heterocycles. The van der Waals surface area contributed by atoms with Gasteiger partial charge in [-0.25, -0.2) is 4.98 Å². The summed E-state index contributed by atoms with van der Waals surface area (Å²) >= 11 is 1.52. The third-order valence-electron chi connectivity index (χ3n) is 3.58. The van der Waals surface area contributed by atoms with Crippen molar-refractivity contribution in [3.8, 4) is 5.75 Å². The van der Waals surface area contributed by atoms with Crippen molar-refractivity contribution >= 4 is 17.7 Å². The van der Waals surface area contributed by atoms with Gasteiger partial charge in [-0.15, -0.1) is 0 Å². The van der Waals surface area contributed by atoms with Gasteiger partial charge in [0, 0.05) is 11.6 Å². The maximum absolute atomic E-state index is 12.5. The Morgan fingerprint density at radius 3 is 2.84 bits per heavy atom. The molecule has 0 bridgehead atoms. The minimum atomic E-state index is -0.384. The smallest absolute Gasteiger partial charge is 0.270 e. The highest BCUT2D eigenvalue weighted by Crippen LogP contribution is 2.26. The number of benzene rings is 1. The summed E-state index contributed by atoms with van der Waals surface area (Å²) in [5.41, 5.74) is 1.76. The molecule has 25 heavy (non-hydrogen) atoms. The van der Waals surface area contributed by atoms with Gasteiger partial charge in [0.2, 0.25) is 0 Å². The molecule has 1 heterocycles. The average Bonchev–Trinajstić information content (AvgIpc) is 2.56. The van der Waals surface area contributed by atoms with Crippen LogP contribution in [0, 0.1) is 6.92 Å². The number of aromatic nitrogens is 2. The van der Waals surface area contributed by atoms with Crippen LogP contribution in [0.5, 0.6) is 5.75 Å². The predicted molar refractivity (Wildman–Crippen MR) is 100 cm³/mol. The standard InChI is InChI=1S/C18H23N3O3S/c1-5-24-15-7-6-11(2)8-13(15)12(3)19-18(23)14-9-17(22)21-16(20-14)10-25-4/h6-9,12H,5,10H2,1-4H3,(H,19,23)(H,20,21,22). The lowest BCUT2D eigenvalue weighted by Gasteiger charge is -2.18. The summed E-state index contributed by atoms with van der Waals surface area (Å²) in [5.74, 6) is 1.38. The quantitative estimate of drug-likeness (QED) is 0.792. The number of rotatable bonds is 7. The molecular weight excluding hydrogens is 338 g/mol. The Kier molecular flexibility index (Phi) is 6.64. The monoisotopic (exact) mass is 361 g/mol. The van der Waals surface area contributed by atoms with Crippen molar-refractivity contribution in [2.24, 2.45) is 0 Å². The highest BCUT2D eigenvalue weighted by Gasteiger charge is 2.17. The summed E-state index contributed by atoms with van der Waals surface area (Å²) in [6, 6.07) is 6.79. The molecule has 0 aliphatic heterocycles. The first-order valence-corrected chi connectivity index (χ1v) is 9.47. The predicted octanol–water partition coefficient (Wildman–Crippen LogP) is 2.83. The summed E-state index contributed by atoms with van der Waals surface area (Å²) in [4.78, 5) is 31.1. The molecule has 0 aliphatic carbocycles. The fourth-order valence-corrected chi connectivity index (χ4v) is 2.88. The number of carbonyl (C=O) groups excluding carboxylic acids is 1. The Morgan fingerprint density at radius 1 is 1.40 bits per heavy atom. The van der Waals surface area contributed by atoms with E-state index in [2.05, 4.69) is 15.3 Å². The second-order valence-electron chi connectivity index (χ2n) is 5.68. The number of amides is 1. The van der Waals surface area contributed by atoms with Crippen molar-refractivity contribution in [3.63, 3.8) is 0 Å². The van der Waals surface area contributed by atoms with E-state index in [4.69, 9.17) is 4.74 Å². The molecule has 2 N–H and O–H groups in total. The van der Waals surface area contributed by atoms with Crippen LogP contribution in [-0.2, 0) is 5.75 Å². The third-order valence-corrected chi connectivity index (χ3v) is 4.15. The van der Waals surface area contributed by atoms with Crippen molar-refractivity contribution in [2.75, 3.05) is 12.9 Å². The molecule has 0 spiro atoms. The van der Waals surface area contributed by atoms with Gasteiger partial charge < -0.3 is 15.0 Å². The number of hydrogen-bond donors (Lipinski definition) is 2. The van der Waals surface area contributed by atoms with Gasteiger partial charge in [-0.3, -0.25) is 9.59 Å². The van der Waals surface area contributed by atoms with E-state index in [-0.39, 0.29) is 23.2 Å². The second-order valence-corrected chi connectivity index (χ2v) is 6.55. The number of thioether (sulfide) groups is 1. The Bertz CT molecular complexity index is 804. The lowest BCUT2D eigenvalue weighted by atomic mass is 10.0. The molecule has 1 aromatic heterocycles. The van der Waals surface area contributed by atoms with Crippen LogP contribution in [-0.4, -0.2) is 28.7 Å². The highest BCUT2D eigenvalue weighted by molar-refractivity contribution is 7.97. The minimum absolute atomic E-state index is 0.116. The molecule has 6 nitrogen and oxygen atoms in total. The molecule has 2 rings (SSSR count). The molecule has 7 heteroatoms. The third kappa shape index (κ3) is 5.09. The second kappa shape index (κ2) is 8.71. The zero-order valence-electron chi connectivity index (χ0n) is 14.9. The first kappa shape index (κ1) is 19.1. The van der Waals surface area contributed by atoms with Crippen LogP contribution in [0.3, 0.4) is 0 Å². The van der Waals surface area contributed by atoms with Crippen LogP contribution in [0.25, 0.3) is 0 Å². The van der Waals surface area contributed by atoms with Gasteiger partial charge in [0.15, 0.2) is 0 Å². The number of nitrogens with zero attached hydrogens (tertiary/aromatic N) is 1. The SMILES string of the molecule is CCOc1ccc(C)cc1C(C)NC(=O)c1cc(=O)[nH]c(CSC)n1. The molecule has 1 aromatic carbocycles. The van der Waals surface area contributed by atoms with Gasteiger partial charge in [0.25, 0.3) is 11.5 Å². The lowest BCUT2D eigenvalue weighted by Crippen LogP contribution is -2.29. The first-order chi connectivity index (χ1) is 11.9. The molecule has 1 unspecified atom stereocenters. The summed E-state index contributed by atoms with van der Waals surface area (Å²) in [7, 11) is 0. The van der Waals surface area contributed by atoms with E-state index in [1.807, 2.05) is 45.2 Å². The normalized spacial score (nSPS) is 11.8. The Labute approximate surface area is 151 Å². The number of aryl methyl sites for hydroxylation is 1. The van der Waals surface area contributed by atoms with Crippen molar-refractivity contribution in [3.05, 3.63) is 57.3 Å². The van der Waals surface area contributed by atoms with E-state index >= 15 is 0 Å². The minimum Gasteiger partial charge on any atom is -0.494 e. The van der Waals surface area contributed by atoms with Crippen LogP contribution < -0.4 is 15.6 Å². The number of hydrogen-bond acceptors (Lipinski definition) is 5. The fraction of sp³-hybridized carbons (Fsp3) is 0.389. The molecule has 1 atom stereocenters. The van der Waals surface area contributed by atoms with E-state index < -0.39 is 0 Å². The molecule has 2 aromatic rings. The van der Waals surface area contributed by atoms with E-state index in [1.165, 1.54) is 17.8 Å². The van der Waals surface area contributed by atoms with E-state index in [9.17, 15) is 9.59 Å². The summed E-state index contributed by atoms with van der Waals surface area (Å²) < 4.78 is 5.65. The van der Waals surface area contributed by atoms with Crippen LogP contribution in [0.4, 0.5) is 0 Å². The number of carbonyl (C=O) groups is 1. The lowest BCUT2D eigenvalue weighted by molar-refractivity contribution is 0.0933. The molecule has 0 radical (unpaired) electrons. The van der Waals surface area contributed by atoms with E-state index in [1.54, 1.807) is 0 Å². The van der Waals surface area contributed by atoms with Crippen LogP contribution >= 0.6 is 11.8 Å². The first-order valence-electron chi connectivity index (χ1n) is 8.08. The van der Waals surface area contributed by atoms with Crippen molar-refractivity contribution < 1.29 is 9.53 Å². The van der Waals surface area contributed by atoms with Gasteiger partial charge >= 0.3 is 0 Å². The van der Waals surface area contributed by atoms with Crippen molar-refractivity contribution in [1.82, 2.24) is 15.3 Å². The zero-order valence-corrected chi connectivity index (χ0v) is 15.7. The van der Waals surface area contributed by atoms with Gasteiger partial charge in [-0.1, -0.05) is 17.7 Å². The maximum atomic E-state index is 12.5. The molecule has 134 valence electrons. The Balaban J connectivity index is 2.23. The number of H-pyrrole nitrogens is 1. The molecule has 1 amide bonds. The average molecular weight is 361 g/mol. The summed E-state index contributed by atoms with van der Waals surface area (Å²) in [5, 5.41) is 2.89. The largest absolute Gasteiger partial charge is 0.494 e. The highest BCUT2D eigenvalue weighted by atomic mass is 32.2. The van der Waals surface area contributed by atoms with Crippen LogP contribution in [0.15, 0.2) is 29.1 Å². The number of aromatic amines is 1. The van der Waals surface area contributed by atoms with Crippen LogP contribution in [0.2, 0.25) is 0 Å². The van der Waals surface area contributed by atoms with Crippen LogP contribution in [0.1, 0.15) is 47.3 Å². The van der Waals surface area contributed by atoms with Gasteiger partial charge in [-0.05, 0) is 33.1 Å². The van der Waals surface area contributed by atoms with E-state index in [0.29, 0.717) is 18.2 Å². The molecule has 0 aliphatic rings. The topological polar surface area (TPSA) is 84.1 Å². The Morgan fingerprint density at radius 2 is 2.16 bits per heavy atom. The van der Waals surface area contributed by atoms with Gasteiger partial charge in [0.05, 0.1) is 18.4 Å². The number of nitrogens with one attached hydrogen (secondary N) is 2. The van der Waals surface area contributed by atoms with Gasteiger partial charge in [-0.2, -0.15) is 11.8 Å². The number of ether oxygens (including phenoxy) is 1. The zero-order chi connectivity index (χ0) is 18.4. The summed E-state index contributed by atoms with van der Waals surface area (Å²) in [6.45, 7) is 6.33. The molecule has 0 fully saturated rings. The van der Waals surface area contributed by atoms with E-state index in [0.717, 1.165) is 16.9 Å². The maximum Gasteiger partial charge on any atom is 0.270 e.